The van der Waals surface area contributed by atoms with E-state index in [2.05, 4.69) is 19.1 Å². The molecule has 1 aromatic carbocycles. The SMILES string of the molecule is COC(C)(C)/C=C/C/C(C)=C/CCC1=C[C@@H](c2cc(O)ccc2O)OC1=O. The van der Waals surface area contributed by atoms with Gasteiger partial charge >= 0.3 is 5.97 Å². The summed E-state index contributed by atoms with van der Waals surface area (Å²) in [5, 5.41) is 19.5. The van der Waals surface area contributed by atoms with Crippen LogP contribution in [0.5, 0.6) is 11.5 Å². The van der Waals surface area contributed by atoms with Crippen LogP contribution in [0, 0.1) is 0 Å². The fourth-order valence-electron chi connectivity index (χ4n) is 2.74. The van der Waals surface area contributed by atoms with Crippen molar-refractivity contribution < 1.29 is 24.5 Å². The number of cyclic esters (lactones) is 1. The lowest BCUT2D eigenvalue weighted by Crippen LogP contribution is -2.18. The first-order chi connectivity index (χ1) is 12.7. The first-order valence-corrected chi connectivity index (χ1v) is 9.04. The van der Waals surface area contributed by atoms with Crippen molar-refractivity contribution in [2.45, 2.75) is 51.7 Å². The zero-order chi connectivity index (χ0) is 20.0. The second-order valence-electron chi connectivity index (χ2n) is 7.26. The maximum absolute atomic E-state index is 12.1. The van der Waals surface area contributed by atoms with E-state index in [0.717, 1.165) is 12.8 Å². The number of carbonyl (C=O) groups excluding carboxylic acids is 1. The van der Waals surface area contributed by atoms with Gasteiger partial charge in [-0.2, -0.15) is 0 Å². The minimum atomic E-state index is -0.663. The molecule has 2 N–H and O–H groups in total. The molecule has 0 unspecified atom stereocenters. The summed E-state index contributed by atoms with van der Waals surface area (Å²) in [6.07, 6.45) is 9.40. The Morgan fingerprint density at radius 3 is 2.78 bits per heavy atom. The Morgan fingerprint density at radius 1 is 1.33 bits per heavy atom. The summed E-state index contributed by atoms with van der Waals surface area (Å²) in [5.74, 6) is -0.371. The van der Waals surface area contributed by atoms with Gasteiger partial charge in [0.2, 0.25) is 0 Å². The third kappa shape index (κ3) is 6.00. The largest absolute Gasteiger partial charge is 0.508 e. The number of esters is 1. The van der Waals surface area contributed by atoms with Gasteiger partial charge in [-0.3, -0.25) is 0 Å². The van der Waals surface area contributed by atoms with Gasteiger partial charge in [0.25, 0.3) is 0 Å². The number of allylic oxidation sites excluding steroid dienone is 3. The van der Waals surface area contributed by atoms with E-state index in [9.17, 15) is 15.0 Å². The predicted octanol–water partition coefficient (Wildman–Crippen LogP) is 4.72. The van der Waals surface area contributed by atoms with Gasteiger partial charge in [0.15, 0.2) is 0 Å². The molecule has 0 spiro atoms. The molecule has 2 rings (SSSR count). The zero-order valence-corrected chi connectivity index (χ0v) is 16.4. The molecule has 0 saturated carbocycles. The molecular weight excluding hydrogens is 344 g/mol. The Kier molecular flexibility index (Phi) is 6.86. The Hall–Kier alpha value is -2.53. The Balaban J connectivity index is 1.93. The lowest BCUT2D eigenvalue weighted by Gasteiger charge is -2.17. The topological polar surface area (TPSA) is 76.0 Å². The molecule has 1 atom stereocenters. The summed E-state index contributed by atoms with van der Waals surface area (Å²) in [5.41, 5.74) is 1.91. The molecule has 1 aromatic rings. The van der Waals surface area contributed by atoms with E-state index >= 15 is 0 Å². The quantitative estimate of drug-likeness (QED) is 0.392. The van der Waals surface area contributed by atoms with E-state index in [0.29, 0.717) is 17.6 Å². The molecule has 0 radical (unpaired) electrons. The molecule has 0 bridgehead atoms. The van der Waals surface area contributed by atoms with Crippen molar-refractivity contribution in [1.29, 1.82) is 0 Å². The van der Waals surface area contributed by atoms with E-state index in [1.165, 1.54) is 23.8 Å². The van der Waals surface area contributed by atoms with Crippen LogP contribution >= 0.6 is 0 Å². The monoisotopic (exact) mass is 372 g/mol. The number of phenolic OH excluding ortho intramolecular Hbond substituents is 2. The molecular formula is C22H28O5. The maximum atomic E-state index is 12.1. The molecule has 5 heteroatoms. The molecule has 5 nitrogen and oxygen atoms in total. The van der Waals surface area contributed by atoms with Crippen molar-refractivity contribution in [3.05, 3.63) is 59.2 Å². The average molecular weight is 372 g/mol. The lowest BCUT2D eigenvalue weighted by molar-refractivity contribution is -0.140. The molecule has 0 amide bonds. The van der Waals surface area contributed by atoms with E-state index in [1.54, 1.807) is 13.2 Å². The highest BCUT2D eigenvalue weighted by atomic mass is 16.5. The molecule has 1 heterocycles. The number of methoxy groups -OCH3 is 1. The van der Waals surface area contributed by atoms with Crippen LogP contribution in [-0.4, -0.2) is 28.9 Å². The Labute approximate surface area is 160 Å². The lowest BCUT2D eigenvalue weighted by atomic mass is 10.0. The Bertz CT molecular complexity index is 771. The van der Waals surface area contributed by atoms with Gasteiger partial charge in [-0.05, 0) is 64.3 Å². The second-order valence-corrected chi connectivity index (χ2v) is 7.26. The standard InChI is InChI=1S/C22H28O5/c1-15(8-6-12-22(2,3)26-4)7-5-9-16-13-20(27-21(16)25)18-14-17(23)10-11-19(18)24/h6-7,10-14,20,23-24H,5,8-9H2,1-4H3/b12-6+,15-7+/t20-/m0/s1. The summed E-state index contributed by atoms with van der Waals surface area (Å²) in [6, 6.07) is 4.18. The van der Waals surface area contributed by atoms with Gasteiger partial charge in [0, 0.05) is 18.2 Å². The van der Waals surface area contributed by atoms with E-state index in [1.807, 2.05) is 19.9 Å². The molecule has 0 saturated heterocycles. The number of hydrogen-bond acceptors (Lipinski definition) is 5. The van der Waals surface area contributed by atoms with Crippen molar-refractivity contribution in [1.82, 2.24) is 0 Å². The number of carbonyl (C=O) groups is 1. The van der Waals surface area contributed by atoms with Crippen LogP contribution in [0.2, 0.25) is 0 Å². The normalized spacial score (nSPS) is 18.1. The number of phenols is 2. The van der Waals surface area contributed by atoms with Crippen molar-refractivity contribution in [2.24, 2.45) is 0 Å². The Morgan fingerprint density at radius 2 is 2.07 bits per heavy atom. The minimum Gasteiger partial charge on any atom is -0.508 e. The van der Waals surface area contributed by atoms with Crippen LogP contribution in [-0.2, 0) is 14.3 Å². The van der Waals surface area contributed by atoms with Crippen molar-refractivity contribution in [3.8, 4) is 11.5 Å². The molecule has 1 aliphatic rings. The number of ether oxygens (including phenoxy) is 2. The summed E-state index contributed by atoms with van der Waals surface area (Å²) in [6.45, 7) is 6.06. The second kappa shape index (κ2) is 8.91. The van der Waals surface area contributed by atoms with E-state index in [4.69, 9.17) is 9.47 Å². The van der Waals surface area contributed by atoms with Crippen LogP contribution in [0.4, 0.5) is 0 Å². The molecule has 0 fully saturated rings. The molecule has 1 aliphatic heterocycles. The minimum absolute atomic E-state index is 0.00962. The summed E-state index contributed by atoms with van der Waals surface area (Å²) < 4.78 is 10.7. The number of rotatable bonds is 8. The van der Waals surface area contributed by atoms with Crippen LogP contribution in [0.25, 0.3) is 0 Å². The van der Waals surface area contributed by atoms with Crippen LogP contribution in [0.3, 0.4) is 0 Å². The summed E-state index contributed by atoms with van der Waals surface area (Å²) in [4.78, 5) is 12.1. The van der Waals surface area contributed by atoms with Gasteiger partial charge in [-0.25, -0.2) is 4.79 Å². The number of hydrogen-bond donors (Lipinski definition) is 2. The third-order valence-electron chi connectivity index (χ3n) is 4.56. The van der Waals surface area contributed by atoms with Gasteiger partial charge in [-0.15, -0.1) is 0 Å². The van der Waals surface area contributed by atoms with Gasteiger partial charge in [0.05, 0.1) is 5.60 Å². The highest BCUT2D eigenvalue weighted by molar-refractivity contribution is 5.91. The highest BCUT2D eigenvalue weighted by Crippen LogP contribution is 2.36. The van der Waals surface area contributed by atoms with Crippen molar-refractivity contribution in [3.63, 3.8) is 0 Å². The predicted molar refractivity (Wildman–Crippen MR) is 105 cm³/mol. The average Bonchev–Trinajstić information content (AvgIpc) is 2.97. The third-order valence-corrected chi connectivity index (χ3v) is 4.56. The van der Waals surface area contributed by atoms with Crippen LogP contribution in [0.15, 0.2) is 53.6 Å². The van der Waals surface area contributed by atoms with E-state index < -0.39 is 6.10 Å². The smallest absolute Gasteiger partial charge is 0.334 e. The highest BCUT2D eigenvalue weighted by Gasteiger charge is 2.28. The fourth-order valence-corrected chi connectivity index (χ4v) is 2.74. The van der Waals surface area contributed by atoms with E-state index in [-0.39, 0.29) is 23.1 Å². The fraction of sp³-hybridized carbons (Fsp3) is 0.409. The zero-order valence-electron chi connectivity index (χ0n) is 16.4. The van der Waals surface area contributed by atoms with Crippen molar-refractivity contribution >= 4 is 5.97 Å². The number of aromatic hydroxyl groups is 2. The van der Waals surface area contributed by atoms with Crippen LogP contribution < -0.4 is 0 Å². The van der Waals surface area contributed by atoms with Gasteiger partial charge in [0.1, 0.15) is 17.6 Å². The van der Waals surface area contributed by atoms with Gasteiger partial charge < -0.3 is 19.7 Å². The molecule has 0 aliphatic carbocycles. The van der Waals surface area contributed by atoms with Gasteiger partial charge in [-0.1, -0.05) is 23.8 Å². The maximum Gasteiger partial charge on any atom is 0.334 e. The first kappa shape index (κ1) is 20.8. The molecule has 0 aromatic heterocycles. The molecule has 27 heavy (non-hydrogen) atoms. The molecule has 146 valence electrons. The summed E-state index contributed by atoms with van der Waals surface area (Å²) in [7, 11) is 1.69. The summed E-state index contributed by atoms with van der Waals surface area (Å²) >= 11 is 0. The van der Waals surface area contributed by atoms with Crippen molar-refractivity contribution in [2.75, 3.05) is 7.11 Å². The first-order valence-electron chi connectivity index (χ1n) is 9.04. The van der Waals surface area contributed by atoms with Crippen LogP contribution in [0.1, 0.15) is 51.7 Å². The number of benzene rings is 1.